The maximum atomic E-state index is 14.9. The highest BCUT2D eigenvalue weighted by Crippen LogP contribution is 2.34. The van der Waals surface area contributed by atoms with Crippen molar-refractivity contribution >= 4 is 0 Å². The third kappa shape index (κ3) is 4.31. The fraction of sp³-hybridized carbons (Fsp3) is 0.259. The molecule has 1 heterocycles. The van der Waals surface area contributed by atoms with Crippen molar-refractivity contribution in [2.24, 2.45) is 5.92 Å². The van der Waals surface area contributed by atoms with E-state index in [2.05, 4.69) is 6.58 Å². The quantitative estimate of drug-likeness (QED) is 0.384. The van der Waals surface area contributed by atoms with Gasteiger partial charge in [0.2, 0.25) is 0 Å². The van der Waals surface area contributed by atoms with E-state index in [1.807, 2.05) is 12.1 Å². The fourth-order valence-corrected chi connectivity index (χ4v) is 4.10. The Morgan fingerprint density at radius 2 is 1.58 bits per heavy atom. The second kappa shape index (κ2) is 9.11. The molecule has 0 radical (unpaired) electrons. The molecule has 1 aliphatic rings. The molecule has 0 amide bonds. The van der Waals surface area contributed by atoms with Crippen molar-refractivity contribution in [2.75, 3.05) is 6.61 Å². The van der Waals surface area contributed by atoms with E-state index >= 15 is 0 Å². The van der Waals surface area contributed by atoms with Crippen LogP contribution in [0.5, 0.6) is 0 Å². The summed E-state index contributed by atoms with van der Waals surface area (Å²) in [6, 6.07) is 15.2. The monoisotopic (exact) mass is 422 g/mol. The predicted octanol–water partition coefficient (Wildman–Crippen LogP) is 7.65. The Labute approximate surface area is 181 Å². The molecule has 0 spiro atoms. The molecule has 0 N–H and O–H groups in total. The number of ether oxygens (including phenoxy) is 1. The van der Waals surface area contributed by atoms with Crippen LogP contribution in [0.3, 0.4) is 0 Å². The van der Waals surface area contributed by atoms with Crippen molar-refractivity contribution in [3.63, 3.8) is 0 Å². The van der Waals surface area contributed by atoms with E-state index < -0.39 is 11.6 Å². The van der Waals surface area contributed by atoms with E-state index in [4.69, 9.17) is 4.74 Å². The molecule has 0 saturated carbocycles. The SMILES string of the molecule is C=CC1CCC(c2ccc(-c3ccc(-c4ccc(CC)c(F)c4F)cc3)c(F)c2)OC1. The Balaban J connectivity index is 1.56. The van der Waals surface area contributed by atoms with Crippen LogP contribution in [0.15, 0.2) is 67.3 Å². The third-order valence-electron chi connectivity index (χ3n) is 6.06. The summed E-state index contributed by atoms with van der Waals surface area (Å²) < 4.78 is 49.3. The normalized spacial score (nSPS) is 18.7. The fourth-order valence-electron chi connectivity index (χ4n) is 4.10. The molecule has 3 aromatic carbocycles. The largest absolute Gasteiger partial charge is 0.373 e. The van der Waals surface area contributed by atoms with Crippen LogP contribution in [0.25, 0.3) is 22.3 Å². The van der Waals surface area contributed by atoms with Crippen LogP contribution < -0.4 is 0 Å². The van der Waals surface area contributed by atoms with Crippen molar-refractivity contribution in [1.29, 1.82) is 0 Å². The standard InChI is InChI=1S/C27H25F3O/c1-3-17-5-14-25(31-16-17)21-11-12-22(24(28)15-21)19-6-8-20(9-7-19)23-13-10-18(4-2)26(29)27(23)30/h3,6-13,15,17,25H,1,4-5,14,16H2,2H3. The summed E-state index contributed by atoms with van der Waals surface area (Å²) in [5.74, 6) is -1.64. The van der Waals surface area contributed by atoms with Crippen molar-refractivity contribution in [3.8, 4) is 22.3 Å². The second-order valence-electron chi connectivity index (χ2n) is 7.97. The van der Waals surface area contributed by atoms with Gasteiger partial charge >= 0.3 is 0 Å². The maximum absolute atomic E-state index is 14.9. The van der Waals surface area contributed by atoms with Crippen LogP contribution in [0, 0.1) is 23.4 Å². The van der Waals surface area contributed by atoms with Crippen molar-refractivity contribution < 1.29 is 17.9 Å². The minimum absolute atomic E-state index is 0.105. The van der Waals surface area contributed by atoms with E-state index in [-0.39, 0.29) is 17.5 Å². The van der Waals surface area contributed by atoms with Crippen molar-refractivity contribution in [3.05, 3.63) is 95.8 Å². The number of benzene rings is 3. The molecule has 2 unspecified atom stereocenters. The van der Waals surface area contributed by atoms with Crippen LogP contribution in [-0.2, 0) is 11.2 Å². The zero-order valence-electron chi connectivity index (χ0n) is 17.5. The number of hydrogen-bond donors (Lipinski definition) is 0. The molecule has 0 aromatic heterocycles. The van der Waals surface area contributed by atoms with Gasteiger partial charge in [0.15, 0.2) is 11.6 Å². The Kier molecular flexibility index (Phi) is 6.28. The zero-order valence-corrected chi connectivity index (χ0v) is 17.5. The minimum Gasteiger partial charge on any atom is -0.373 e. The Morgan fingerprint density at radius 3 is 2.16 bits per heavy atom. The Morgan fingerprint density at radius 1 is 0.903 bits per heavy atom. The molecular formula is C27H25F3O. The average Bonchev–Trinajstić information content (AvgIpc) is 2.81. The zero-order chi connectivity index (χ0) is 22.0. The molecule has 2 atom stereocenters. The summed E-state index contributed by atoms with van der Waals surface area (Å²) in [5, 5.41) is 0. The molecule has 3 aromatic rings. The van der Waals surface area contributed by atoms with Gasteiger partial charge in [0.25, 0.3) is 0 Å². The first-order valence-electron chi connectivity index (χ1n) is 10.6. The first-order chi connectivity index (χ1) is 15.0. The van der Waals surface area contributed by atoms with Gasteiger partial charge < -0.3 is 4.74 Å². The number of rotatable bonds is 5. The molecule has 1 nitrogen and oxygen atoms in total. The predicted molar refractivity (Wildman–Crippen MR) is 118 cm³/mol. The molecular weight excluding hydrogens is 397 g/mol. The van der Waals surface area contributed by atoms with Gasteiger partial charge in [-0.2, -0.15) is 0 Å². The van der Waals surface area contributed by atoms with Gasteiger partial charge in [-0.3, -0.25) is 0 Å². The van der Waals surface area contributed by atoms with Gasteiger partial charge in [-0.05, 0) is 47.6 Å². The lowest BCUT2D eigenvalue weighted by molar-refractivity contribution is -0.00528. The summed E-state index contributed by atoms with van der Waals surface area (Å²) >= 11 is 0. The van der Waals surface area contributed by atoms with Crippen molar-refractivity contribution in [2.45, 2.75) is 32.3 Å². The molecule has 1 fully saturated rings. The summed E-state index contributed by atoms with van der Waals surface area (Å²) in [5.41, 5.74) is 3.06. The first-order valence-corrected chi connectivity index (χ1v) is 10.6. The van der Waals surface area contributed by atoms with Gasteiger partial charge in [0, 0.05) is 17.0 Å². The summed E-state index contributed by atoms with van der Waals surface area (Å²) in [6.45, 7) is 6.19. The topological polar surface area (TPSA) is 9.23 Å². The van der Waals surface area contributed by atoms with Gasteiger partial charge in [-0.15, -0.1) is 6.58 Å². The third-order valence-corrected chi connectivity index (χ3v) is 6.06. The van der Waals surface area contributed by atoms with Gasteiger partial charge in [0.1, 0.15) is 5.82 Å². The molecule has 4 heteroatoms. The number of aryl methyl sites for hydroxylation is 1. The van der Waals surface area contributed by atoms with Crippen LogP contribution in [0.2, 0.25) is 0 Å². The molecule has 0 aliphatic carbocycles. The lowest BCUT2D eigenvalue weighted by Crippen LogP contribution is -2.19. The lowest BCUT2D eigenvalue weighted by Gasteiger charge is -2.27. The minimum atomic E-state index is -0.853. The molecule has 160 valence electrons. The smallest absolute Gasteiger partial charge is 0.166 e. The highest BCUT2D eigenvalue weighted by molar-refractivity contribution is 5.71. The van der Waals surface area contributed by atoms with E-state index in [0.29, 0.717) is 41.2 Å². The van der Waals surface area contributed by atoms with Crippen LogP contribution in [0.1, 0.15) is 37.0 Å². The van der Waals surface area contributed by atoms with E-state index in [9.17, 15) is 13.2 Å². The Bertz CT molecular complexity index is 1080. The van der Waals surface area contributed by atoms with Crippen LogP contribution >= 0.6 is 0 Å². The van der Waals surface area contributed by atoms with E-state index in [1.165, 1.54) is 6.07 Å². The molecule has 31 heavy (non-hydrogen) atoms. The number of halogens is 3. The summed E-state index contributed by atoms with van der Waals surface area (Å²) in [6.07, 6.45) is 4.05. The van der Waals surface area contributed by atoms with Gasteiger partial charge in [-0.25, -0.2) is 13.2 Å². The molecule has 0 bridgehead atoms. The van der Waals surface area contributed by atoms with E-state index in [0.717, 1.165) is 18.4 Å². The van der Waals surface area contributed by atoms with Crippen LogP contribution in [-0.4, -0.2) is 6.61 Å². The van der Waals surface area contributed by atoms with Gasteiger partial charge in [0.05, 0.1) is 12.7 Å². The maximum Gasteiger partial charge on any atom is 0.166 e. The molecule has 1 aliphatic heterocycles. The first kappa shape index (κ1) is 21.4. The highest BCUT2D eigenvalue weighted by Gasteiger charge is 2.22. The summed E-state index contributed by atoms with van der Waals surface area (Å²) in [4.78, 5) is 0. The Hall–Kier alpha value is -2.85. The lowest BCUT2D eigenvalue weighted by atomic mass is 9.93. The summed E-state index contributed by atoms with van der Waals surface area (Å²) in [7, 11) is 0. The molecule has 4 rings (SSSR count). The average molecular weight is 422 g/mol. The molecule has 1 saturated heterocycles. The van der Waals surface area contributed by atoms with Gasteiger partial charge in [-0.1, -0.05) is 61.5 Å². The number of hydrogen-bond acceptors (Lipinski definition) is 1. The van der Waals surface area contributed by atoms with Crippen LogP contribution in [0.4, 0.5) is 13.2 Å². The van der Waals surface area contributed by atoms with E-state index in [1.54, 1.807) is 49.4 Å². The van der Waals surface area contributed by atoms with Crippen molar-refractivity contribution in [1.82, 2.24) is 0 Å². The second-order valence-corrected chi connectivity index (χ2v) is 7.97. The highest BCUT2D eigenvalue weighted by atomic mass is 19.2.